The van der Waals surface area contributed by atoms with Crippen LogP contribution in [0.1, 0.15) is 33.1 Å². The summed E-state index contributed by atoms with van der Waals surface area (Å²) in [4.78, 5) is 19.2. The Labute approximate surface area is 107 Å². The lowest BCUT2D eigenvalue weighted by atomic mass is 10.0. The molecule has 0 saturated carbocycles. The molecule has 18 heavy (non-hydrogen) atoms. The quantitative estimate of drug-likeness (QED) is 0.848. The number of fused-ring (bicyclic) bond motifs is 1. The molecule has 0 aliphatic rings. The maximum Gasteiger partial charge on any atom is 0.226 e. The molecule has 0 aliphatic heterocycles. The number of nitrogens with one attached hydrogen (secondary N) is 2. The molecule has 0 fully saturated rings. The Bertz CT molecular complexity index is 500. The number of aromatic amines is 1. The van der Waals surface area contributed by atoms with Gasteiger partial charge in [0.1, 0.15) is 0 Å². The fourth-order valence-corrected chi connectivity index (χ4v) is 2.11. The molecule has 0 unspecified atom stereocenters. The van der Waals surface area contributed by atoms with Gasteiger partial charge in [0, 0.05) is 6.42 Å². The van der Waals surface area contributed by atoms with Crippen molar-refractivity contribution in [3.8, 4) is 0 Å². The third kappa shape index (κ3) is 3.09. The van der Waals surface area contributed by atoms with E-state index in [0.717, 1.165) is 23.9 Å². The van der Waals surface area contributed by atoms with Crippen LogP contribution in [-0.4, -0.2) is 15.9 Å². The fourth-order valence-electron chi connectivity index (χ4n) is 2.11. The summed E-state index contributed by atoms with van der Waals surface area (Å²) in [7, 11) is 0. The minimum atomic E-state index is 0.0232. The monoisotopic (exact) mass is 245 g/mol. The topological polar surface area (TPSA) is 57.8 Å². The van der Waals surface area contributed by atoms with Crippen molar-refractivity contribution in [1.29, 1.82) is 0 Å². The van der Waals surface area contributed by atoms with E-state index in [1.807, 2.05) is 24.3 Å². The number of anilines is 1. The predicted molar refractivity (Wildman–Crippen MR) is 73.4 cm³/mol. The van der Waals surface area contributed by atoms with E-state index >= 15 is 0 Å². The number of H-pyrrole nitrogens is 1. The number of benzene rings is 1. The Morgan fingerprint density at radius 2 is 2.22 bits per heavy atom. The maximum absolute atomic E-state index is 11.8. The van der Waals surface area contributed by atoms with E-state index in [4.69, 9.17) is 0 Å². The van der Waals surface area contributed by atoms with Crippen molar-refractivity contribution in [2.75, 3.05) is 5.32 Å². The van der Waals surface area contributed by atoms with Crippen LogP contribution in [0.3, 0.4) is 0 Å². The third-order valence-corrected chi connectivity index (χ3v) is 2.96. The Morgan fingerprint density at radius 1 is 1.44 bits per heavy atom. The van der Waals surface area contributed by atoms with E-state index < -0.39 is 0 Å². The number of rotatable bonds is 5. The normalized spacial score (nSPS) is 12.6. The second-order valence-corrected chi connectivity index (χ2v) is 4.75. The van der Waals surface area contributed by atoms with Crippen LogP contribution in [0.2, 0.25) is 0 Å². The third-order valence-electron chi connectivity index (χ3n) is 2.96. The van der Waals surface area contributed by atoms with Crippen molar-refractivity contribution >= 4 is 22.9 Å². The lowest BCUT2D eigenvalue weighted by molar-refractivity contribution is -0.117. The van der Waals surface area contributed by atoms with Crippen molar-refractivity contribution in [3.63, 3.8) is 0 Å². The average Bonchev–Trinajstić information content (AvgIpc) is 2.70. The first-order valence-electron chi connectivity index (χ1n) is 6.43. The van der Waals surface area contributed by atoms with Gasteiger partial charge in [-0.3, -0.25) is 10.1 Å². The van der Waals surface area contributed by atoms with Gasteiger partial charge in [-0.05, 0) is 18.1 Å². The van der Waals surface area contributed by atoms with Gasteiger partial charge in [0.2, 0.25) is 11.9 Å². The number of hydrogen-bond donors (Lipinski definition) is 2. The zero-order valence-corrected chi connectivity index (χ0v) is 10.9. The molecular weight excluding hydrogens is 226 g/mol. The lowest BCUT2D eigenvalue weighted by Crippen LogP contribution is -2.15. The molecule has 0 aliphatic carbocycles. The number of carbonyl (C=O) groups excluding carboxylic acids is 1. The Kier molecular flexibility index (Phi) is 3.97. The fraction of sp³-hybridized carbons (Fsp3) is 0.429. The zero-order chi connectivity index (χ0) is 13.0. The summed E-state index contributed by atoms with van der Waals surface area (Å²) in [5.41, 5.74) is 1.81. The first-order valence-corrected chi connectivity index (χ1v) is 6.43. The van der Waals surface area contributed by atoms with Gasteiger partial charge in [0.25, 0.3) is 0 Å². The molecular formula is C14H19N3O. The van der Waals surface area contributed by atoms with Gasteiger partial charge in [0.15, 0.2) is 0 Å². The van der Waals surface area contributed by atoms with E-state index in [1.165, 1.54) is 0 Å². The van der Waals surface area contributed by atoms with Crippen molar-refractivity contribution in [2.45, 2.75) is 33.1 Å². The first-order chi connectivity index (χ1) is 8.69. The highest BCUT2D eigenvalue weighted by Gasteiger charge is 2.10. The van der Waals surface area contributed by atoms with Gasteiger partial charge in [-0.25, -0.2) is 4.98 Å². The number of carbonyl (C=O) groups is 1. The summed E-state index contributed by atoms with van der Waals surface area (Å²) < 4.78 is 0. The van der Waals surface area contributed by atoms with Crippen molar-refractivity contribution in [2.24, 2.45) is 5.92 Å². The predicted octanol–water partition coefficient (Wildman–Crippen LogP) is 3.33. The van der Waals surface area contributed by atoms with E-state index in [-0.39, 0.29) is 5.91 Å². The molecule has 2 N–H and O–H groups in total. The largest absolute Gasteiger partial charge is 0.324 e. The van der Waals surface area contributed by atoms with E-state index in [2.05, 4.69) is 29.1 Å². The van der Waals surface area contributed by atoms with Crippen LogP contribution in [0.15, 0.2) is 24.3 Å². The van der Waals surface area contributed by atoms with E-state index in [9.17, 15) is 4.79 Å². The van der Waals surface area contributed by atoms with Gasteiger partial charge in [-0.2, -0.15) is 0 Å². The highest BCUT2D eigenvalue weighted by molar-refractivity contribution is 5.91. The Hall–Kier alpha value is -1.84. The number of imidazole rings is 1. The van der Waals surface area contributed by atoms with Crippen LogP contribution in [0.25, 0.3) is 11.0 Å². The molecule has 0 spiro atoms. The summed E-state index contributed by atoms with van der Waals surface area (Å²) in [6, 6.07) is 7.73. The minimum absolute atomic E-state index is 0.0232. The Balaban J connectivity index is 1.98. The van der Waals surface area contributed by atoms with Crippen LogP contribution in [0, 0.1) is 5.92 Å². The smallest absolute Gasteiger partial charge is 0.226 e. The molecule has 0 saturated heterocycles. The molecule has 2 aromatic rings. The van der Waals surface area contributed by atoms with Gasteiger partial charge in [-0.1, -0.05) is 38.8 Å². The van der Waals surface area contributed by atoms with E-state index in [0.29, 0.717) is 18.3 Å². The molecule has 4 heteroatoms. The van der Waals surface area contributed by atoms with Gasteiger partial charge < -0.3 is 4.98 Å². The Morgan fingerprint density at radius 3 is 2.94 bits per heavy atom. The standard InChI is InChI=1S/C14H19N3O/c1-3-6-10(2)9-13(18)17-14-15-11-7-4-5-8-12(11)16-14/h4-5,7-8,10H,3,6,9H2,1-2H3,(H2,15,16,17,18)/t10-/m0/s1. The molecule has 96 valence electrons. The number of para-hydroxylation sites is 2. The van der Waals surface area contributed by atoms with Gasteiger partial charge in [0.05, 0.1) is 11.0 Å². The molecule has 1 atom stereocenters. The molecule has 4 nitrogen and oxygen atoms in total. The van der Waals surface area contributed by atoms with Gasteiger partial charge >= 0.3 is 0 Å². The minimum Gasteiger partial charge on any atom is -0.324 e. The molecule has 1 amide bonds. The summed E-state index contributed by atoms with van der Waals surface area (Å²) in [6.07, 6.45) is 2.73. The number of nitrogens with zero attached hydrogens (tertiary/aromatic N) is 1. The lowest BCUT2D eigenvalue weighted by Gasteiger charge is -2.08. The van der Waals surface area contributed by atoms with Crippen LogP contribution < -0.4 is 5.32 Å². The molecule has 0 bridgehead atoms. The summed E-state index contributed by atoms with van der Waals surface area (Å²) in [5, 5.41) is 2.82. The van der Waals surface area contributed by atoms with E-state index in [1.54, 1.807) is 0 Å². The summed E-state index contributed by atoms with van der Waals surface area (Å²) in [6.45, 7) is 4.23. The second-order valence-electron chi connectivity index (χ2n) is 4.75. The average molecular weight is 245 g/mol. The van der Waals surface area contributed by atoms with Crippen LogP contribution in [-0.2, 0) is 4.79 Å². The van der Waals surface area contributed by atoms with Crippen molar-refractivity contribution in [3.05, 3.63) is 24.3 Å². The number of amides is 1. The number of aromatic nitrogens is 2. The van der Waals surface area contributed by atoms with Gasteiger partial charge in [-0.15, -0.1) is 0 Å². The molecule has 2 rings (SSSR count). The van der Waals surface area contributed by atoms with Crippen LogP contribution in [0.5, 0.6) is 0 Å². The first kappa shape index (κ1) is 12.6. The highest BCUT2D eigenvalue weighted by atomic mass is 16.1. The van der Waals surface area contributed by atoms with Crippen LogP contribution in [0.4, 0.5) is 5.95 Å². The summed E-state index contributed by atoms with van der Waals surface area (Å²) >= 11 is 0. The number of hydrogen-bond acceptors (Lipinski definition) is 2. The molecule has 1 aromatic heterocycles. The van der Waals surface area contributed by atoms with Crippen molar-refractivity contribution in [1.82, 2.24) is 9.97 Å². The highest BCUT2D eigenvalue weighted by Crippen LogP contribution is 2.15. The summed E-state index contributed by atoms with van der Waals surface area (Å²) in [5.74, 6) is 0.972. The second kappa shape index (κ2) is 5.67. The molecule has 1 aromatic carbocycles. The zero-order valence-electron chi connectivity index (χ0n) is 10.9. The maximum atomic E-state index is 11.8. The SMILES string of the molecule is CCC[C@H](C)CC(=O)Nc1nc2ccccc2[nH]1. The molecule has 1 heterocycles. The van der Waals surface area contributed by atoms with Crippen molar-refractivity contribution < 1.29 is 4.79 Å². The van der Waals surface area contributed by atoms with Crippen LogP contribution >= 0.6 is 0 Å². The molecule has 0 radical (unpaired) electrons.